The Balaban J connectivity index is 1.69. The number of benzene rings is 1. The van der Waals surface area contributed by atoms with Crippen molar-refractivity contribution in [2.75, 3.05) is 18.1 Å². The quantitative estimate of drug-likeness (QED) is 0.922. The Hall–Kier alpha value is -1.55. The molecular formula is C16H21NO3. The third-order valence-electron chi connectivity index (χ3n) is 4.20. The average molecular weight is 275 g/mol. The average Bonchev–Trinajstić information content (AvgIpc) is 2.98. The molecule has 0 aromatic heterocycles. The predicted molar refractivity (Wildman–Crippen MR) is 77.0 cm³/mol. The molecule has 108 valence electrons. The molecule has 3 rings (SSSR count). The summed E-state index contributed by atoms with van der Waals surface area (Å²) in [7, 11) is 0. The fraction of sp³-hybridized carbons (Fsp3) is 0.562. The van der Waals surface area contributed by atoms with Crippen molar-refractivity contribution in [3.05, 3.63) is 23.8 Å². The zero-order valence-corrected chi connectivity index (χ0v) is 11.7. The molecule has 2 aliphatic rings. The molecule has 2 aliphatic heterocycles. The molecule has 0 aliphatic carbocycles. The highest BCUT2D eigenvalue weighted by Crippen LogP contribution is 2.35. The first kappa shape index (κ1) is 13.4. The van der Waals surface area contributed by atoms with E-state index in [1.165, 1.54) is 0 Å². The molecule has 1 fully saturated rings. The van der Waals surface area contributed by atoms with Crippen LogP contribution in [-0.4, -0.2) is 30.3 Å². The van der Waals surface area contributed by atoms with Crippen LogP contribution in [0.15, 0.2) is 18.2 Å². The molecule has 1 N–H and O–H groups in total. The van der Waals surface area contributed by atoms with E-state index in [9.17, 15) is 9.90 Å². The number of hydrogen-bond donors (Lipinski definition) is 1. The summed E-state index contributed by atoms with van der Waals surface area (Å²) in [5.74, 6) is 0.315. The first-order valence-electron chi connectivity index (χ1n) is 7.48. The second-order valence-corrected chi connectivity index (χ2v) is 5.61. The SMILES string of the molecule is O=C(CCC1CCCO1)N1CCCc2cccc(O)c21. The number of ether oxygens (including phenoxy) is 1. The molecule has 1 unspecified atom stereocenters. The van der Waals surface area contributed by atoms with Crippen LogP contribution in [0.4, 0.5) is 5.69 Å². The van der Waals surface area contributed by atoms with E-state index in [1.54, 1.807) is 11.0 Å². The van der Waals surface area contributed by atoms with Crippen LogP contribution in [0, 0.1) is 0 Å². The summed E-state index contributed by atoms with van der Waals surface area (Å²) >= 11 is 0. The van der Waals surface area contributed by atoms with Crippen molar-refractivity contribution in [3.63, 3.8) is 0 Å². The molecule has 2 heterocycles. The van der Waals surface area contributed by atoms with Crippen LogP contribution in [0.3, 0.4) is 0 Å². The second-order valence-electron chi connectivity index (χ2n) is 5.61. The first-order valence-corrected chi connectivity index (χ1v) is 7.48. The van der Waals surface area contributed by atoms with E-state index < -0.39 is 0 Å². The fourth-order valence-corrected chi connectivity index (χ4v) is 3.17. The lowest BCUT2D eigenvalue weighted by Gasteiger charge is -2.30. The lowest BCUT2D eigenvalue weighted by molar-refractivity contribution is -0.119. The summed E-state index contributed by atoms with van der Waals surface area (Å²) in [5, 5.41) is 10.0. The van der Waals surface area contributed by atoms with Gasteiger partial charge in [0.2, 0.25) is 5.91 Å². The molecule has 1 aromatic carbocycles. The van der Waals surface area contributed by atoms with Crippen LogP contribution in [0.5, 0.6) is 5.75 Å². The van der Waals surface area contributed by atoms with Gasteiger partial charge in [-0.2, -0.15) is 0 Å². The van der Waals surface area contributed by atoms with Gasteiger partial charge in [0.1, 0.15) is 5.75 Å². The lowest BCUT2D eigenvalue weighted by Crippen LogP contribution is -2.35. The molecule has 4 nitrogen and oxygen atoms in total. The van der Waals surface area contributed by atoms with Gasteiger partial charge in [0, 0.05) is 19.6 Å². The van der Waals surface area contributed by atoms with E-state index in [0.29, 0.717) is 13.0 Å². The first-order chi connectivity index (χ1) is 9.75. The van der Waals surface area contributed by atoms with Gasteiger partial charge in [0.05, 0.1) is 11.8 Å². The third-order valence-corrected chi connectivity index (χ3v) is 4.20. The van der Waals surface area contributed by atoms with Crippen LogP contribution >= 0.6 is 0 Å². The van der Waals surface area contributed by atoms with Crippen molar-refractivity contribution in [1.82, 2.24) is 0 Å². The summed E-state index contributed by atoms with van der Waals surface area (Å²) in [5.41, 5.74) is 1.79. The van der Waals surface area contributed by atoms with Gasteiger partial charge in [-0.3, -0.25) is 4.79 Å². The number of carbonyl (C=O) groups excluding carboxylic acids is 1. The Bertz CT molecular complexity index is 494. The third kappa shape index (κ3) is 2.66. The number of rotatable bonds is 3. The highest BCUT2D eigenvalue weighted by molar-refractivity contribution is 5.96. The molecule has 0 saturated carbocycles. The van der Waals surface area contributed by atoms with E-state index in [2.05, 4.69) is 0 Å². The van der Waals surface area contributed by atoms with Crippen molar-refractivity contribution in [3.8, 4) is 5.75 Å². The van der Waals surface area contributed by atoms with Crippen molar-refractivity contribution < 1.29 is 14.6 Å². The van der Waals surface area contributed by atoms with Crippen LogP contribution in [-0.2, 0) is 16.0 Å². The summed E-state index contributed by atoms with van der Waals surface area (Å²) in [6.45, 7) is 1.53. The van der Waals surface area contributed by atoms with Gasteiger partial charge < -0.3 is 14.7 Å². The van der Waals surface area contributed by atoms with E-state index in [0.717, 1.165) is 50.0 Å². The molecule has 1 atom stereocenters. The molecule has 20 heavy (non-hydrogen) atoms. The minimum absolute atomic E-state index is 0.1000. The molecule has 0 radical (unpaired) electrons. The number of aryl methyl sites for hydroxylation is 1. The summed E-state index contributed by atoms with van der Waals surface area (Å²) < 4.78 is 5.56. The normalized spacial score (nSPS) is 21.8. The van der Waals surface area contributed by atoms with Crippen molar-refractivity contribution in [2.45, 2.75) is 44.6 Å². The zero-order chi connectivity index (χ0) is 13.9. The maximum absolute atomic E-state index is 12.4. The second kappa shape index (κ2) is 5.83. The summed E-state index contributed by atoms with van der Waals surface area (Å²) in [4.78, 5) is 14.2. The minimum Gasteiger partial charge on any atom is -0.506 e. The molecule has 1 aromatic rings. The number of fused-ring (bicyclic) bond motifs is 1. The maximum Gasteiger partial charge on any atom is 0.227 e. The standard InChI is InChI=1S/C16H21NO3/c18-14-7-1-4-12-5-2-10-17(16(12)14)15(19)9-8-13-6-3-11-20-13/h1,4,7,13,18H,2-3,5-6,8-11H2. The van der Waals surface area contributed by atoms with Crippen molar-refractivity contribution in [2.24, 2.45) is 0 Å². The molecular weight excluding hydrogens is 254 g/mol. The van der Waals surface area contributed by atoms with E-state index in [4.69, 9.17) is 4.74 Å². The number of carbonyl (C=O) groups is 1. The van der Waals surface area contributed by atoms with E-state index in [1.807, 2.05) is 12.1 Å². The van der Waals surface area contributed by atoms with Gasteiger partial charge in [-0.1, -0.05) is 12.1 Å². The van der Waals surface area contributed by atoms with Crippen LogP contribution in [0.2, 0.25) is 0 Å². The van der Waals surface area contributed by atoms with E-state index in [-0.39, 0.29) is 17.8 Å². The van der Waals surface area contributed by atoms with Gasteiger partial charge in [0.15, 0.2) is 0 Å². The molecule has 1 amide bonds. The minimum atomic E-state index is 0.1000. The Morgan fingerprint density at radius 3 is 3.10 bits per heavy atom. The van der Waals surface area contributed by atoms with Gasteiger partial charge in [0.25, 0.3) is 0 Å². The molecule has 4 heteroatoms. The zero-order valence-electron chi connectivity index (χ0n) is 11.7. The molecule has 1 saturated heterocycles. The maximum atomic E-state index is 12.4. The lowest BCUT2D eigenvalue weighted by atomic mass is 10.00. The van der Waals surface area contributed by atoms with E-state index >= 15 is 0 Å². The number of nitrogens with zero attached hydrogens (tertiary/aromatic N) is 1. The summed E-state index contributed by atoms with van der Waals surface area (Å²) in [6, 6.07) is 5.49. The Morgan fingerprint density at radius 2 is 2.30 bits per heavy atom. The van der Waals surface area contributed by atoms with Gasteiger partial charge in [-0.15, -0.1) is 0 Å². The van der Waals surface area contributed by atoms with Gasteiger partial charge in [-0.05, 0) is 43.7 Å². The van der Waals surface area contributed by atoms with Crippen LogP contribution in [0.1, 0.15) is 37.7 Å². The highest BCUT2D eigenvalue weighted by atomic mass is 16.5. The smallest absolute Gasteiger partial charge is 0.227 e. The monoisotopic (exact) mass is 275 g/mol. The predicted octanol–water partition coefficient (Wildman–Crippen LogP) is 2.63. The molecule has 0 spiro atoms. The van der Waals surface area contributed by atoms with Crippen molar-refractivity contribution in [1.29, 1.82) is 0 Å². The fourth-order valence-electron chi connectivity index (χ4n) is 3.17. The van der Waals surface area contributed by atoms with Gasteiger partial charge in [-0.25, -0.2) is 0 Å². The highest BCUT2D eigenvalue weighted by Gasteiger charge is 2.26. The topological polar surface area (TPSA) is 49.8 Å². The number of hydrogen-bond acceptors (Lipinski definition) is 3. The number of aromatic hydroxyl groups is 1. The van der Waals surface area contributed by atoms with Crippen LogP contribution < -0.4 is 4.90 Å². The van der Waals surface area contributed by atoms with Crippen molar-refractivity contribution >= 4 is 11.6 Å². The number of phenols is 1. The van der Waals surface area contributed by atoms with Gasteiger partial charge >= 0.3 is 0 Å². The number of amides is 1. The Morgan fingerprint density at radius 1 is 1.40 bits per heavy atom. The molecule has 0 bridgehead atoms. The summed E-state index contributed by atoms with van der Waals surface area (Å²) in [6.07, 6.45) is 5.59. The number of anilines is 1. The number of phenolic OH excluding ortho intramolecular Hbond substituents is 1. The Kier molecular flexibility index (Phi) is 3.92. The van der Waals surface area contributed by atoms with Crippen LogP contribution in [0.25, 0.3) is 0 Å². The largest absolute Gasteiger partial charge is 0.506 e. The Labute approximate surface area is 119 Å². The number of para-hydroxylation sites is 1.